The Hall–Kier alpha value is -3.13. The first-order valence-electron chi connectivity index (χ1n) is 12.8. The maximum atomic E-state index is 13.1. The summed E-state index contributed by atoms with van der Waals surface area (Å²) in [5, 5.41) is 0. The van der Waals surface area contributed by atoms with E-state index < -0.39 is 0 Å². The predicted molar refractivity (Wildman–Crippen MR) is 133 cm³/mol. The van der Waals surface area contributed by atoms with Gasteiger partial charge in [0.15, 0.2) is 11.2 Å². The standard InChI is InChI=1S/C27H31N5O3/c1-29-23-22(24(33)30(2)26(29)34)32-16-21(20-6-4-3-5-7-20)31(25(32)28-23)8-9-35-27-13-17-10-18(14-27)12-19(11-17)15-27/h3-7,16-19H,8-15H2,1-2H3. The molecular weight excluding hydrogens is 442 g/mol. The SMILES string of the molecule is Cn1c(=O)c2c(nc3n(CCOC45CC6CC(CC(C6)C4)C5)c(-c4ccccc4)cn23)n(C)c1=O. The summed E-state index contributed by atoms with van der Waals surface area (Å²) in [5.74, 6) is 3.19. The molecule has 4 saturated carbocycles. The van der Waals surface area contributed by atoms with Gasteiger partial charge < -0.3 is 9.30 Å². The topological polar surface area (TPSA) is 75.5 Å². The van der Waals surface area contributed by atoms with E-state index in [-0.39, 0.29) is 16.9 Å². The van der Waals surface area contributed by atoms with E-state index in [1.807, 2.05) is 28.8 Å². The minimum absolute atomic E-state index is 0.0467. The van der Waals surface area contributed by atoms with Crippen LogP contribution in [0.3, 0.4) is 0 Å². The van der Waals surface area contributed by atoms with Crippen molar-refractivity contribution < 1.29 is 4.74 Å². The number of hydrogen-bond acceptors (Lipinski definition) is 4. The zero-order valence-electron chi connectivity index (χ0n) is 20.3. The van der Waals surface area contributed by atoms with Gasteiger partial charge in [-0.1, -0.05) is 30.3 Å². The van der Waals surface area contributed by atoms with Crippen LogP contribution in [0, 0.1) is 17.8 Å². The quantitative estimate of drug-likeness (QED) is 0.446. The average Bonchev–Trinajstić information content (AvgIpc) is 3.38. The molecular formula is C27H31N5O3. The molecule has 182 valence electrons. The van der Waals surface area contributed by atoms with Crippen LogP contribution in [0.25, 0.3) is 28.2 Å². The van der Waals surface area contributed by atoms with Crippen molar-refractivity contribution in [3.05, 3.63) is 57.4 Å². The van der Waals surface area contributed by atoms with E-state index >= 15 is 0 Å². The molecule has 0 aliphatic heterocycles. The fourth-order valence-electron chi connectivity index (χ4n) is 7.64. The molecule has 35 heavy (non-hydrogen) atoms. The molecule has 0 atom stereocenters. The molecule has 0 saturated heterocycles. The molecule has 0 unspecified atom stereocenters. The summed E-state index contributed by atoms with van der Waals surface area (Å²) < 4.78 is 13.3. The van der Waals surface area contributed by atoms with Crippen LogP contribution >= 0.6 is 0 Å². The molecule has 1 aromatic carbocycles. The first-order chi connectivity index (χ1) is 16.9. The zero-order chi connectivity index (χ0) is 23.9. The van der Waals surface area contributed by atoms with Crippen molar-refractivity contribution in [2.45, 2.75) is 50.7 Å². The maximum Gasteiger partial charge on any atom is 0.332 e. The molecule has 4 fully saturated rings. The first kappa shape index (κ1) is 21.2. The molecule has 8 nitrogen and oxygen atoms in total. The van der Waals surface area contributed by atoms with E-state index in [2.05, 4.69) is 16.7 Å². The molecule has 4 aliphatic rings. The minimum atomic E-state index is -0.372. The largest absolute Gasteiger partial charge is 0.373 e. The lowest BCUT2D eigenvalue weighted by atomic mass is 9.54. The molecule has 8 rings (SSSR count). The Labute approximate surface area is 202 Å². The highest BCUT2D eigenvalue weighted by Gasteiger charge is 2.51. The highest BCUT2D eigenvalue weighted by atomic mass is 16.5. The van der Waals surface area contributed by atoms with Crippen LogP contribution in [0.2, 0.25) is 0 Å². The Bertz CT molecular complexity index is 1540. The van der Waals surface area contributed by atoms with Gasteiger partial charge in [-0.25, -0.2) is 4.79 Å². The number of benzene rings is 1. The second kappa shape index (κ2) is 7.43. The van der Waals surface area contributed by atoms with Crippen LogP contribution in [0.15, 0.2) is 46.1 Å². The summed E-state index contributed by atoms with van der Waals surface area (Å²) in [4.78, 5) is 30.4. The molecule has 8 heteroatoms. The minimum Gasteiger partial charge on any atom is -0.373 e. The van der Waals surface area contributed by atoms with Crippen molar-refractivity contribution in [2.24, 2.45) is 31.8 Å². The molecule has 0 amide bonds. The molecule has 4 bridgehead atoms. The van der Waals surface area contributed by atoms with E-state index in [0.29, 0.717) is 30.1 Å². The summed E-state index contributed by atoms with van der Waals surface area (Å²) >= 11 is 0. The van der Waals surface area contributed by atoms with Gasteiger partial charge in [0.05, 0.1) is 17.9 Å². The van der Waals surface area contributed by atoms with E-state index in [1.54, 1.807) is 7.05 Å². The highest BCUT2D eigenvalue weighted by molar-refractivity contribution is 5.78. The molecule has 4 aliphatic carbocycles. The number of fused-ring (bicyclic) bond motifs is 3. The predicted octanol–water partition coefficient (Wildman–Crippen LogP) is 3.34. The normalized spacial score (nSPS) is 27.4. The Morgan fingerprint density at radius 2 is 1.63 bits per heavy atom. The van der Waals surface area contributed by atoms with Gasteiger partial charge in [-0.05, 0) is 61.8 Å². The second-order valence-electron chi connectivity index (χ2n) is 11.1. The molecule has 3 aromatic heterocycles. The molecule has 4 aromatic rings. The third-order valence-electron chi connectivity index (χ3n) is 8.83. The van der Waals surface area contributed by atoms with Gasteiger partial charge in [0.1, 0.15) is 0 Å². The van der Waals surface area contributed by atoms with Crippen LogP contribution in [0.4, 0.5) is 0 Å². The van der Waals surface area contributed by atoms with Gasteiger partial charge in [0, 0.05) is 26.8 Å². The second-order valence-corrected chi connectivity index (χ2v) is 11.1. The van der Waals surface area contributed by atoms with Crippen molar-refractivity contribution in [2.75, 3.05) is 6.61 Å². The van der Waals surface area contributed by atoms with Crippen LogP contribution in [0.1, 0.15) is 38.5 Å². The van der Waals surface area contributed by atoms with Gasteiger partial charge in [0.25, 0.3) is 5.56 Å². The molecule has 0 spiro atoms. The van der Waals surface area contributed by atoms with Crippen molar-refractivity contribution in [1.82, 2.24) is 23.1 Å². The number of imidazole rings is 2. The summed E-state index contributed by atoms with van der Waals surface area (Å²) in [7, 11) is 3.17. The number of rotatable bonds is 5. The van der Waals surface area contributed by atoms with Crippen LogP contribution in [-0.2, 0) is 25.4 Å². The van der Waals surface area contributed by atoms with Crippen molar-refractivity contribution in [1.29, 1.82) is 0 Å². The lowest BCUT2D eigenvalue weighted by Crippen LogP contribution is -2.52. The summed E-state index contributed by atoms with van der Waals surface area (Å²) in [6, 6.07) is 10.2. The summed E-state index contributed by atoms with van der Waals surface area (Å²) in [6.45, 7) is 1.25. The fraction of sp³-hybridized carbons (Fsp3) is 0.519. The van der Waals surface area contributed by atoms with Crippen molar-refractivity contribution >= 4 is 16.9 Å². The molecule has 0 radical (unpaired) electrons. The molecule has 3 heterocycles. The summed E-state index contributed by atoms with van der Waals surface area (Å²) in [5.41, 5.74) is 2.21. The van der Waals surface area contributed by atoms with Gasteiger partial charge in [-0.3, -0.25) is 18.3 Å². The first-order valence-corrected chi connectivity index (χ1v) is 12.8. The van der Waals surface area contributed by atoms with Gasteiger partial charge in [0.2, 0.25) is 5.78 Å². The van der Waals surface area contributed by atoms with E-state index in [0.717, 1.165) is 33.6 Å². The summed E-state index contributed by atoms with van der Waals surface area (Å²) in [6.07, 6.45) is 9.77. The Morgan fingerprint density at radius 1 is 0.971 bits per heavy atom. The Kier molecular flexibility index (Phi) is 4.50. The van der Waals surface area contributed by atoms with E-state index in [9.17, 15) is 9.59 Å². The number of nitrogens with zero attached hydrogens (tertiary/aromatic N) is 5. The smallest absolute Gasteiger partial charge is 0.332 e. The fourth-order valence-corrected chi connectivity index (χ4v) is 7.64. The van der Waals surface area contributed by atoms with Gasteiger partial charge >= 0.3 is 5.69 Å². The van der Waals surface area contributed by atoms with Crippen molar-refractivity contribution in [3.63, 3.8) is 0 Å². The monoisotopic (exact) mass is 473 g/mol. The van der Waals surface area contributed by atoms with Crippen LogP contribution in [-0.4, -0.2) is 35.3 Å². The van der Waals surface area contributed by atoms with Crippen LogP contribution in [0.5, 0.6) is 0 Å². The van der Waals surface area contributed by atoms with Gasteiger partial charge in [-0.15, -0.1) is 0 Å². The number of aromatic nitrogens is 5. The Balaban J connectivity index is 1.30. The Morgan fingerprint density at radius 3 is 2.29 bits per heavy atom. The van der Waals surface area contributed by atoms with Gasteiger partial charge in [-0.2, -0.15) is 4.98 Å². The number of ether oxygens (including phenoxy) is 1. The van der Waals surface area contributed by atoms with E-state index in [1.165, 1.54) is 50.1 Å². The highest BCUT2D eigenvalue weighted by Crippen LogP contribution is 2.57. The number of hydrogen-bond donors (Lipinski definition) is 0. The van der Waals surface area contributed by atoms with E-state index in [4.69, 9.17) is 9.72 Å². The lowest BCUT2D eigenvalue weighted by molar-refractivity contribution is -0.163. The third-order valence-corrected chi connectivity index (χ3v) is 8.83. The third kappa shape index (κ3) is 3.12. The maximum absolute atomic E-state index is 13.1. The zero-order valence-corrected chi connectivity index (χ0v) is 20.3. The average molecular weight is 474 g/mol. The van der Waals surface area contributed by atoms with Crippen molar-refractivity contribution in [3.8, 4) is 11.3 Å². The lowest BCUT2D eigenvalue weighted by Gasteiger charge is -2.56. The number of aryl methyl sites for hydroxylation is 1. The van der Waals surface area contributed by atoms with Crippen LogP contribution < -0.4 is 11.2 Å². The molecule has 0 N–H and O–H groups in total.